The van der Waals surface area contributed by atoms with Gasteiger partial charge in [0.05, 0.1) is 6.61 Å². The van der Waals surface area contributed by atoms with Gasteiger partial charge in [-0.3, -0.25) is 4.90 Å². The molecule has 1 unspecified atom stereocenters. The van der Waals surface area contributed by atoms with E-state index in [2.05, 4.69) is 54.3 Å². The van der Waals surface area contributed by atoms with Crippen molar-refractivity contribution in [2.45, 2.75) is 13.0 Å². The molecule has 0 fully saturated rings. The summed E-state index contributed by atoms with van der Waals surface area (Å²) in [7, 11) is 1.74. The molecule has 0 saturated heterocycles. The number of fused-ring (bicyclic) bond motifs is 1. The Morgan fingerprint density at radius 1 is 1.15 bits per heavy atom. The maximum Gasteiger partial charge on any atom is 0.0589 e. The van der Waals surface area contributed by atoms with Gasteiger partial charge in [0.15, 0.2) is 0 Å². The van der Waals surface area contributed by atoms with Gasteiger partial charge in [0.1, 0.15) is 0 Å². The van der Waals surface area contributed by atoms with Crippen LogP contribution in [-0.2, 0) is 4.74 Å². The minimum atomic E-state index is 0.250. The standard InChI is InChI=1S/C17H24N2O/c1-3-19(10-11-20-2)17(13-18)16-9-8-14-6-4-5-7-15(14)12-16/h4-9,12,17H,3,10-11,13,18H2,1-2H3. The van der Waals surface area contributed by atoms with E-state index in [1.807, 2.05) is 0 Å². The zero-order chi connectivity index (χ0) is 14.4. The fourth-order valence-electron chi connectivity index (χ4n) is 2.65. The van der Waals surface area contributed by atoms with Crippen molar-refractivity contribution in [2.24, 2.45) is 5.73 Å². The first-order chi connectivity index (χ1) is 9.80. The van der Waals surface area contributed by atoms with Crippen LogP contribution in [0.4, 0.5) is 0 Å². The number of likely N-dealkylation sites (N-methyl/N-ethyl adjacent to an activating group) is 1. The van der Waals surface area contributed by atoms with Gasteiger partial charge in [0, 0.05) is 26.2 Å². The quantitative estimate of drug-likeness (QED) is 0.842. The third kappa shape index (κ3) is 3.37. The molecule has 0 saturated carbocycles. The first kappa shape index (κ1) is 15.0. The van der Waals surface area contributed by atoms with E-state index in [1.165, 1.54) is 16.3 Å². The normalized spacial score (nSPS) is 13.0. The van der Waals surface area contributed by atoms with E-state index >= 15 is 0 Å². The number of nitrogens with zero attached hydrogens (tertiary/aromatic N) is 1. The van der Waals surface area contributed by atoms with Gasteiger partial charge in [-0.2, -0.15) is 0 Å². The van der Waals surface area contributed by atoms with Crippen LogP contribution in [0.2, 0.25) is 0 Å². The molecule has 2 aromatic rings. The lowest BCUT2D eigenvalue weighted by atomic mass is 10.0. The van der Waals surface area contributed by atoms with E-state index in [1.54, 1.807) is 7.11 Å². The summed E-state index contributed by atoms with van der Waals surface area (Å²) in [6, 6.07) is 15.3. The maximum atomic E-state index is 6.01. The van der Waals surface area contributed by atoms with E-state index in [0.29, 0.717) is 6.54 Å². The average Bonchev–Trinajstić information content (AvgIpc) is 2.51. The van der Waals surface area contributed by atoms with Gasteiger partial charge in [-0.15, -0.1) is 0 Å². The molecule has 2 rings (SSSR count). The highest BCUT2D eigenvalue weighted by atomic mass is 16.5. The Bertz CT molecular complexity index is 541. The van der Waals surface area contributed by atoms with Crippen molar-refractivity contribution in [3.63, 3.8) is 0 Å². The number of benzene rings is 2. The lowest BCUT2D eigenvalue weighted by molar-refractivity contribution is 0.126. The van der Waals surface area contributed by atoms with Crippen molar-refractivity contribution in [2.75, 3.05) is 33.4 Å². The highest BCUT2D eigenvalue weighted by Gasteiger charge is 2.17. The zero-order valence-electron chi connectivity index (χ0n) is 12.4. The van der Waals surface area contributed by atoms with Crippen LogP contribution in [0.3, 0.4) is 0 Å². The van der Waals surface area contributed by atoms with Gasteiger partial charge in [0.2, 0.25) is 0 Å². The predicted octanol–water partition coefficient (Wildman–Crippen LogP) is 2.81. The van der Waals surface area contributed by atoms with Crippen molar-refractivity contribution in [1.82, 2.24) is 4.90 Å². The monoisotopic (exact) mass is 272 g/mol. The van der Waals surface area contributed by atoms with Crippen molar-refractivity contribution in [1.29, 1.82) is 0 Å². The van der Waals surface area contributed by atoms with Crippen LogP contribution in [0.25, 0.3) is 10.8 Å². The second-order valence-electron chi connectivity index (χ2n) is 4.98. The molecule has 3 nitrogen and oxygen atoms in total. The molecular formula is C17H24N2O. The average molecular weight is 272 g/mol. The van der Waals surface area contributed by atoms with Crippen LogP contribution in [0.5, 0.6) is 0 Å². The van der Waals surface area contributed by atoms with Crippen LogP contribution < -0.4 is 5.73 Å². The van der Waals surface area contributed by atoms with E-state index in [0.717, 1.165) is 19.7 Å². The Morgan fingerprint density at radius 2 is 1.90 bits per heavy atom. The Morgan fingerprint density at radius 3 is 2.55 bits per heavy atom. The van der Waals surface area contributed by atoms with Crippen molar-refractivity contribution in [3.05, 3.63) is 48.0 Å². The lowest BCUT2D eigenvalue weighted by Gasteiger charge is -2.30. The van der Waals surface area contributed by atoms with Crippen LogP contribution in [0, 0.1) is 0 Å². The number of ether oxygens (including phenoxy) is 1. The third-order valence-corrected chi connectivity index (χ3v) is 3.81. The molecule has 0 radical (unpaired) electrons. The minimum Gasteiger partial charge on any atom is -0.383 e. The van der Waals surface area contributed by atoms with Crippen LogP contribution in [0.15, 0.2) is 42.5 Å². The fourth-order valence-corrected chi connectivity index (χ4v) is 2.65. The molecule has 3 heteroatoms. The van der Waals surface area contributed by atoms with Crippen LogP contribution in [0.1, 0.15) is 18.5 Å². The molecule has 108 valence electrons. The zero-order valence-corrected chi connectivity index (χ0v) is 12.4. The van der Waals surface area contributed by atoms with E-state index < -0.39 is 0 Å². The summed E-state index contributed by atoms with van der Waals surface area (Å²) >= 11 is 0. The van der Waals surface area contributed by atoms with Gasteiger partial charge >= 0.3 is 0 Å². The summed E-state index contributed by atoms with van der Waals surface area (Å²) in [6.07, 6.45) is 0. The fraction of sp³-hybridized carbons (Fsp3) is 0.412. The molecule has 0 aliphatic heterocycles. The summed E-state index contributed by atoms with van der Waals surface area (Å²) in [5, 5.41) is 2.54. The second kappa shape index (κ2) is 7.39. The Balaban J connectivity index is 2.27. The Kier molecular flexibility index (Phi) is 5.53. The Hall–Kier alpha value is -1.42. The van der Waals surface area contributed by atoms with E-state index in [-0.39, 0.29) is 6.04 Å². The van der Waals surface area contributed by atoms with Gasteiger partial charge < -0.3 is 10.5 Å². The summed E-state index contributed by atoms with van der Waals surface area (Å²) in [6.45, 7) is 5.40. The molecule has 0 amide bonds. The van der Waals surface area contributed by atoms with Crippen molar-refractivity contribution >= 4 is 10.8 Å². The highest BCUT2D eigenvalue weighted by Crippen LogP contribution is 2.24. The molecule has 0 aliphatic carbocycles. The summed E-state index contributed by atoms with van der Waals surface area (Å²) in [4.78, 5) is 2.37. The largest absolute Gasteiger partial charge is 0.383 e. The van der Waals surface area contributed by atoms with Gasteiger partial charge in [0.25, 0.3) is 0 Å². The molecule has 20 heavy (non-hydrogen) atoms. The van der Waals surface area contributed by atoms with Gasteiger partial charge in [-0.1, -0.05) is 43.3 Å². The van der Waals surface area contributed by atoms with E-state index in [4.69, 9.17) is 10.5 Å². The van der Waals surface area contributed by atoms with Crippen LogP contribution >= 0.6 is 0 Å². The van der Waals surface area contributed by atoms with Crippen LogP contribution in [-0.4, -0.2) is 38.3 Å². The number of hydrogen-bond acceptors (Lipinski definition) is 3. The summed E-state index contributed by atoms with van der Waals surface area (Å²) in [5.41, 5.74) is 7.30. The first-order valence-electron chi connectivity index (χ1n) is 7.22. The number of nitrogens with two attached hydrogens (primary N) is 1. The molecule has 2 N–H and O–H groups in total. The van der Waals surface area contributed by atoms with E-state index in [9.17, 15) is 0 Å². The third-order valence-electron chi connectivity index (χ3n) is 3.81. The SMILES string of the molecule is CCN(CCOC)C(CN)c1ccc2ccccc2c1. The second-order valence-corrected chi connectivity index (χ2v) is 4.98. The molecule has 1 atom stereocenters. The number of hydrogen-bond donors (Lipinski definition) is 1. The molecule has 0 bridgehead atoms. The number of rotatable bonds is 7. The van der Waals surface area contributed by atoms with Gasteiger partial charge in [-0.25, -0.2) is 0 Å². The Labute approximate surface area is 121 Å². The molecule has 0 spiro atoms. The lowest BCUT2D eigenvalue weighted by Crippen LogP contribution is -2.35. The maximum absolute atomic E-state index is 6.01. The predicted molar refractivity (Wildman–Crippen MR) is 84.9 cm³/mol. The smallest absolute Gasteiger partial charge is 0.0589 e. The molecule has 0 aliphatic rings. The molecule has 0 heterocycles. The molecule has 2 aromatic carbocycles. The molecule has 0 aromatic heterocycles. The van der Waals surface area contributed by atoms with Gasteiger partial charge in [-0.05, 0) is 28.9 Å². The highest BCUT2D eigenvalue weighted by molar-refractivity contribution is 5.83. The van der Waals surface area contributed by atoms with Crippen molar-refractivity contribution < 1.29 is 4.74 Å². The number of methoxy groups -OCH3 is 1. The summed E-state index contributed by atoms with van der Waals surface area (Å²) < 4.78 is 5.19. The minimum absolute atomic E-state index is 0.250. The first-order valence-corrected chi connectivity index (χ1v) is 7.22. The van der Waals surface area contributed by atoms with Crippen molar-refractivity contribution in [3.8, 4) is 0 Å². The topological polar surface area (TPSA) is 38.5 Å². The molecular weight excluding hydrogens is 248 g/mol. The summed E-state index contributed by atoms with van der Waals surface area (Å²) in [5.74, 6) is 0.